The number of aliphatic hydroxyl groups is 2. The predicted octanol–water partition coefficient (Wildman–Crippen LogP) is -1.15. The molecule has 0 aromatic heterocycles. The fraction of sp³-hybridized carbons (Fsp3) is 0.786. The smallest absolute Gasteiger partial charge is 0.303 e. The van der Waals surface area contributed by atoms with Gasteiger partial charge in [0.05, 0.1) is 0 Å². The van der Waals surface area contributed by atoms with Crippen LogP contribution < -0.4 is 0 Å². The summed E-state index contributed by atoms with van der Waals surface area (Å²) in [6.45, 7) is 4.36. The van der Waals surface area contributed by atoms with Gasteiger partial charge in [-0.3, -0.25) is 14.4 Å². The minimum atomic E-state index is -1.54. The normalized spacial score (nSPS) is 31.0. The van der Waals surface area contributed by atoms with Crippen molar-refractivity contribution in [3.05, 3.63) is 0 Å². The van der Waals surface area contributed by atoms with Gasteiger partial charge >= 0.3 is 17.9 Å². The minimum Gasteiger partial charge on any atom is -0.463 e. The first-order chi connectivity index (χ1) is 11.1. The first-order valence-corrected chi connectivity index (χ1v) is 7.26. The Bertz CT molecular complexity index is 462. The second-order valence-electron chi connectivity index (χ2n) is 5.22. The highest BCUT2D eigenvalue weighted by atomic mass is 16.8. The monoisotopic (exact) mass is 350 g/mol. The van der Waals surface area contributed by atoms with Gasteiger partial charge in [-0.1, -0.05) is 0 Å². The topological polar surface area (TPSA) is 138 Å². The molecule has 0 aromatic carbocycles. The van der Waals surface area contributed by atoms with Crippen LogP contribution in [-0.2, 0) is 38.1 Å². The maximum Gasteiger partial charge on any atom is 0.303 e. The maximum atomic E-state index is 11.3. The van der Waals surface area contributed by atoms with Crippen molar-refractivity contribution in [2.45, 2.75) is 64.7 Å². The van der Waals surface area contributed by atoms with Crippen molar-refractivity contribution in [2.24, 2.45) is 0 Å². The number of hydrogen-bond donors (Lipinski definition) is 2. The van der Waals surface area contributed by atoms with Crippen molar-refractivity contribution in [1.82, 2.24) is 0 Å². The number of hydrogen-bond acceptors (Lipinski definition) is 10. The second kappa shape index (κ2) is 8.92. The molecule has 1 aliphatic heterocycles. The summed E-state index contributed by atoms with van der Waals surface area (Å²) in [5, 5.41) is 19.6. The highest BCUT2D eigenvalue weighted by Crippen LogP contribution is 2.28. The fourth-order valence-electron chi connectivity index (χ4n) is 2.19. The Hall–Kier alpha value is -1.75. The lowest BCUT2D eigenvalue weighted by Gasteiger charge is -2.43. The van der Waals surface area contributed by atoms with E-state index in [1.807, 2.05) is 0 Å². The van der Waals surface area contributed by atoms with Crippen LogP contribution in [0.15, 0.2) is 0 Å². The van der Waals surface area contributed by atoms with E-state index in [9.17, 15) is 24.6 Å². The van der Waals surface area contributed by atoms with Crippen molar-refractivity contribution in [3.8, 4) is 0 Å². The van der Waals surface area contributed by atoms with Crippen molar-refractivity contribution in [3.63, 3.8) is 0 Å². The Morgan fingerprint density at radius 3 is 2.04 bits per heavy atom. The number of rotatable bonds is 6. The van der Waals surface area contributed by atoms with Gasteiger partial charge in [0.1, 0.15) is 18.8 Å². The summed E-state index contributed by atoms with van der Waals surface area (Å²) in [4.78, 5) is 33.6. The van der Waals surface area contributed by atoms with E-state index in [1.165, 1.54) is 13.8 Å². The minimum absolute atomic E-state index is 0.336. The molecule has 6 atom stereocenters. The Morgan fingerprint density at radius 1 is 1.04 bits per heavy atom. The molecule has 1 heterocycles. The Morgan fingerprint density at radius 2 is 1.58 bits per heavy atom. The molecule has 6 unspecified atom stereocenters. The molecule has 1 saturated heterocycles. The van der Waals surface area contributed by atoms with E-state index in [1.54, 1.807) is 0 Å². The van der Waals surface area contributed by atoms with Gasteiger partial charge in [0.2, 0.25) is 0 Å². The first kappa shape index (κ1) is 20.3. The van der Waals surface area contributed by atoms with E-state index in [4.69, 9.17) is 23.7 Å². The van der Waals surface area contributed by atoms with Crippen molar-refractivity contribution in [1.29, 1.82) is 0 Å². The summed E-state index contributed by atoms with van der Waals surface area (Å²) in [7, 11) is 0. The van der Waals surface area contributed by atoms with Gasteiger partial charge in [0.25, 0.3) is 0 Å². The lowest BCUT2D eigenvalue weighted by molar-refractivity contribution is -0.331. The maximum absolute atomic E-state index is 11.3. The largest absolute Gasteiger partial charge is 0.463 e. The molecule has 0 radical (unpaired) electrons. The van der Waals surface area contributed by atoms with Gasteiger partial charge < -0.3 is 33.9 Å². The van der Waals surface area contributed by atoms with Crippen LogP contribution in [0.5, 0.6) is 0 Å². The molecular weight excluding hydrogens is 328 g/mol. The Balaban J connectivity index is 3.06. The van der Waals surface area contributed by atoms with Gasteiger partial charge in [-0.25, -0.2) is 0 Å². The van der Waals surface area contributed by atoms with E-state index in [0.29, 0.717) is 0 Å². The van der Waals surface area contributed by atoms with Crippen molar-refractivity contribution >= 4 is 17.9 Å². The van der Waals surface area contributed by atoms with Crippen LogP contribution in [-0.4, -0.2) is 71.7 Å². The van der Waals surface area contributed by atoms with Crippen LogP contribution >= 0.6 is 0 Å². The van der Waals surface area contributed by atoms with Gasteiger partial charge in [-0.2, -0.15) is 0 Å². The average Bonchev–Trinajstić information content (AvgIpc) is 2.42. The van der Waals surface area contributed by atoms with Crippen LogP contribution in [0.3, 0.4) is 0 Å². The van der Waals surface area contributed by atoms with E-state index in [2.05, 4.69) is 0 Å². The molecule has 10 nitrogen and oxygen atoms in total. The zero-order chi connectivity index (χ0) is 18.4. The molecular formula is C14H22O10. The molecule has 1 aliphatic rings. The average molecular weight is 350 g/mol. The molecule has 24 heavy (non-hydrogen) atoms. The number of carbonyl (C=O) groups is 3. The van der Waals surface area contributed by atoms with Crippen molar-refractivity contribution < 1.29 is 48.3 Å². The standard InChI is InChI=1S/C14H22O10/c1-6(15)20-5-10-12(21-7(2)16)13(22-8(3)17)11(19)14(24-10)23-9(4)18/h9-14,18-19H,5H2,1-4H3. The van der Waals surface area contributed by atoms with Crippen LogP contribution in [0, 0.1) is 0 Å². The van der Waals surface area contributed by atoms with Gasteiger partial charge in [-0.15, -0.1) is 0 Å². The van der Waals surface area contributed by atoms with Crippen molar-refractivity contribution in [2.75, 3.05) is 6.61 Å². The van der Waals surface area contributed by atoms with Crippen LogP contribution in [0.25, 0.3) is 0 Å². The Labute approximate surface area is 138 Å². The third-order valence-electron chi connectivity index (χ3n) is 3.00. The zero-order valence-corrected chi connectivity index (χ0v) is 13.8. The van der Waals surface area contributed by atoms with Gasteiger partial charge in [0.15, 0.2) is 24.8 Å². The predicted molar refractivity (Wildman–Crippen MR) is 75.2 cm³/mol. The fourth-order valence-corrected chi connectivity index (χ4v) is 2.19. The Kier molecular flexibility index (Phi) is 7.55. The molecule has 138 valence electrons. The summed E-state index contributed by atoms with van der Waals surface area (Å²) in [6.07, 6.45) is -7.85. The van der Waals surface area contributed by atoms with Crippen LogP contribution in [0.2, 0.25) is 0 Å². The summed E-state index contributed by atoms with van der Waals surface area (Å²) < 4.78 is 25.3. The highest BCUT2D eigenvalue weighted by molar-refractivity contribution is 5.67. The molecule has 1 rings (SSSR count). The number of esters is 3. The molecule has 0 aliphatic carbocycles. The summed E-state index contributed by atoms with van der Waals surface area (Å²) in [6, 6.07) is 0. The molecule has 0 saturated carbocycles. The molecule has 0 amide bonds. The molecule has 0 spiro atoms. The summed E-state index contributed by atoms with van der Waals surface area (Å²) in [5.41, 5.74) is 0. The van der Waals surface area contributed by atoms with Gasteiger partial charge in [0, 0.05) is 20.8 Å². The number of aliphatic hydroxyl groups excluding tert-OH is 2. The second-order valence-corrected chi connectivity index (χ2v) is 5.22. The van der Waals surface area contributed by atoms with E-state index >= 15 is 0 Å². The van der Waals surface area contributed by atoms with Crippen LogP contribution in [0.4, 0.5) is 0 Å². The third-order valence-corrected chi connectivity index (χ3v) is 3.00. The van der Waals surface area contributed by atoms with E-state index in [-0.39, 0.29) is 6.61 Å². The zero-order valence-electron chi connectivity index (χ0n) is 13.8. The highest BCUT2D eigenvalue weighted by Gasteiger charge is 2.50. The van der Waals surface area contributed by atoms with Gasteiger partial charge in [-0.05, 0) is 6.92 Å². The summed E-state index contributed by atoms with van der Waals surface area (Å²) in [5.74, 6) is -2.06. The molecule has 2 N–H and O–H groups in total. The SMILES string of the molecule is CC(=O)OCC1OC(OC(C)O)C(O)C(OC(C)=O)C1OC(C)=O. The quantitative estimate of drug-likeness (QED) is 0.343. The van der Waals surface area contributed by atoms with E-state index < -0.39 is 54.9 Å². The summed E-state index contributed by atoms with van der Waals surface area (Å²) >= 11 is 0. The molecule has 1 fully saturated rings. The number of ether oxygens (including phenoxy) is 5. The first-order valence-electron chi connectivity index (χ1n) is 7.26. The molecule has 0 bridgehead atoms. The lowest BCUT2D eigenvalue weighted by atomic mass is 9.98. The molecule has 10 heteroatoms. The van der Waals surface area contributed by atoms with Crippen LogP contribution in [0.1, 0.15) is 27.7 Å². The number of carbonyl (C=O) groups excluding carboxylic acids is 3. The van der Waals surface area contributed by atoms with E-state index in [0.717, 1.165) is 13.8 Å². The molecule has 0 aromatic rings. The lowest BCUT2D eigenvalue weighted by Crippen LogP contribution is -2.62. The third kappa shape index (κ3) is 6.04.